The van der Waals surface area contributed by atoms with Crippen LogP contribution in [0.2, 0.25) is 10.0 Å². The molecule has 1 heterocycles. The lowest BCUT2D eigenvalue weighted by Crippen LogP contribution is -2.35. The minimum atomic E-state index is -3.69. The second-order valence-electron chi connectivity index (χ2n) is 7.07. The number of anilines is 2. The Morgan fingerprint density at radius 1 is 1.03 bits per heavy atom. The van der Waals surface area contributed by atoms with E-state index in [0.717, 1.165) is 5.56 Å². The summed E-state index contributed by atoms with van der Waals surface area (Å²) in [5.41, 5.74) is 2.21. The van der Waals surface area contributed by atoms with E-state index in [1.165, 1.54) is 4.31 Å². The fourth-order valence-corrected chi connectivity index (χ4v) is 5.67. The smallest absolute Gasteiger partial charge is 0.264 e. The van der Waals surface area contributed by atoms with Crippen molar-refractivity contribution in [2.45, 2.75) is 24.3 Å². The van der Waals surface area contributed by atoms with E-state index in [0.29, 0.717) is 28.4 Å². The fourth-order valence-electron chi connectivity index (χ4n) is 3.61. The maximum absolute atomic E-state index is 13.2. The Bertz CT molecular complexity index is 1230. The molecule has 0 bridgehead atoms. The molecule has 0 spiro atoms. The predicted molar refractivity (Wildman–Crippen MR) is 120 cm³/mol. The third kappa shape index (κ3) is 3.67. The highest BCUT2D eigenvalue weighted by atomic mass is 35.5. The van der Waals surface area contributed by atoms with Gasteiger partial charge in [-0.1, -0.05) is 47.5 Å². The summed E-state index contributed by atoms with van der Waals surface area (Å²) in [5.74, 6) is -0.348. The quantitative estimate of drug-likeness (QED) is 0.567. The molecule has 154 valence electrons. The monoisotopic (exact) mass is 460 g/mol. The Hall–Kier alpha value is -2.54. The van der Waals surface area contributed by atoms with Gasteiger partial charge in [0.25, 0.3) is 15.9 Å². The van der Waals surface area contributed by atoms with Gasteiger partial charge in [-0.3, -0.25) is 9.10 Å². The molecular weight excluding hydrogens is 443 g/mol. The van der Waals surface area contributed by atoms with Crippen LogP contribution in [0.1, 0.15) is 22.8 Å². The molecule has 1 amide bonds. The molecular formula is C22H18Cl2N2O3S. The largest absolute Gasteiger partial charge is 0.321 e. The molecule has 0 aliphatic carbocycles. The molecule has 0 aromatic heterocycles. The summed E-state index contributed by atoms with van der Waals surface area (Å²) in [7, 11) is -3.69. The highest BCUT2D eigenvalue weighted by Gasteiger charge is 2.36. The van der Waals surface area contributed by atoms with Crippen LogP contribution in [0.4, 0.5) is 11.4 Å². The van der Waals surface area contributed by atoms with Crippen LogP contribution >= 0.6 is 23.2 Å². The molecule has 1 aliphatic heterocycles. The molecule has 4 rings (SSSR count). The van der Waals surface area contributed by atoms with E-state index < -0.39 is 10.0 Å². The van der Waals surface area contributed by atoms with Gasteiger partial charge in [-0.15, -0.1) is 0 Å². The van der Waals surface area contributed by atoms with Crippen LogP contribution in [0.5, 0.6) is 0 Å². The number of amides is 1. The predicted octanol–water partition coefficient (Wildman–Crippen LogP) is 5.39. The Labute approximate surface area is 185 Å². The zero-order valence-corrected chi connectivity index (χ0v) is 18.3. The highest BCUT2D eigenvalue weighted by molar-refractivity contribution is 7.92. The molecule has 1 aliphatic rings. The van der Waals surface area contributed by atoms with E-state index >= 15 is 0 Å². The summed E-state index contributed by atoms with van der Waals surface area (Å²) in [6.07, 6.45) is 0.514. The molecule has 5 nitrogen and oxygen atoms in total. The van der Waals surface area contributed by atoms with Gasteiger partial charge in [0.1, 0.15) is 0 Å². The number of hydrogen-bond acceptors (Lipinski definition) is 3. The van der Waals surface area contributed by atoms with Crippen LogP contribution in [-0.2, 0) is 16.4 Å². The molecule has 3 aromatic rings. The molecule has 8 heteroatoms. The van der Waals surface area contributed by atoms with E-state index in [2.05, 4.69) is 5.32 Å². The van der Waals surface area contributed by atoms with Gasteiger partial charge in [0.2, 0.25) is 0 Å². The number of sulfonamides is 1. The van der Waals surface area contributed by atoms with E-state index in [4.69, 9.17) is 23.2 Å². The number of carbonyl (C=O) groups excluding carboxylic acids is 1. The van der Waals surface area contributed by atoms with E-state index in [-0.39, 0.29) is 21.9 Å². The summed E-state index contributed by atoms with van der Waals surface area (Å²) < 4.78 is 27.7. The number of halogens is 2. The first-order valence-corrected chi connectivity index (χ1v) is 11.5. The van der Waals surface area contributed by atoms with Crippen LogP contribution in [0.15, 0.2) is 71.6 Å². The lowest BCUT2D eigenvalue weighted by atomic mass is 10.1. The summed E-state index contributed by atoms with van der Waals surface area (Å²) in [5, 5.41) is 3.36. The minimum Gasteiger partial charge on any atom is -0.321 e. The zero-order chi connectivity index (χ0) is 21.5. The van der Waals surface area contributed by atoms with Crippen molar-refractivity contribution in [3.8, 4) is 0 Å². The molecule has 1 atom stereocenters. The molecule has 0 saturated heterocycles. The molecule has 30 heavy (non-hydrogen) atoms. The second kappa shape index (κ2) is 7.95. The molecule has 0 saturated carbocycles. The van der Waals surface area contributed by atoms with Crippen LogP contribution in [0.3, 0.4) is 0 Å². The maximum Gasteiger partial charge on any atom is 0.264 e. The van der Waals surface area contributed by atoms with Gasteiger partial charge in [0.05, 0.1) is 26.3 Å². The summed E-state index contributed by atoms with van der Waals surface area (Å²) in [6, 6.07) is 18.1. The van der Waals surface area contributed by atoms with Crippen molar-refractivity contribution in [1.82, 2.24) is 0 Å². The third-order valence-corrected chi connectivity index (χ3v) is 7.76. The molecule has 3 aromatic carbocycles. The first-order chi connectivity index (χ1) is 14.3. The zero-order valence-electron chi connectivity index (χ0n) is 16.0. The lowest BCUT2D eigenvalue weighted by molar-refractivity contribution is 0.102. The summed E-state index contributed by atoms with van der Waals surface area (Å²) >= 11 is 12.1. The van der Waals surface area contributed by atoms with Gasteiger partial charge in [-0.05, 0) is 61.4 Å². The number of rotatable bonds is 4. The van der Waals surface area contributed by atoms with Crippen molar-refractivity contribution in [3.05, 3.63) is 87.9 Å². The number of fused-ring (bicyclic) bond motifs is 1. The van der Waals surface area contributed by atoms with Crippen molar-refractivity contribution >= 4 is 50.5 Å². The number of nitrogens with one attached hydrogen (secondary N) is 1. The lowest BCUT2D eigenvalue weighted by Gasteiger charge is -2.24. The topological polar surface area (TPSA) is 66.5 Å². The Balaban J connectivity index is 1.64. The van der Waals surface area contributed by atoms with Gasteiger partial charge < -0.3 is 5.32 Å². The van der Waals surface area contributed by atoms with Crippen LogP contribution in [0.25, 0.3) is 0 Å². The molecule has 0 radical (unpaired) electrons. The summed E-state index contributed by atoms with van der Waals surface area (Å²) in [4.78, 5) is 13.0. The normalized spacial score (nSPS) is 15.7. The van der Waals surface area contributed by atoms with Crippen molar-refractivity contribution < 1.29 is 13.2 Å². The number of hydrogen-bond donors (Lipinski definition) is 1. The van der Waals surface area contributed by atoms with Crippen LogP contribution in [-0.4, -0.2) is 20.4 Å². The van der Waals surface area contributed by atoms with Crippen LogP contribution < -0.4 is 9.62 Å². The van der Waals surface area contributed by atoms with Gasteiger partial charge in [0, 0.05) is 11.6 Å². The van der Waals surface area contributed by atoms with Gasteiger partial charge in [-0.25, -0.2) is 8.42 Å². The van der Waals surface area contributed by atoms with E-state index in [1.54, 1.807) is 66.7 Å². The van der Waals surface area contributed by atoms with Crippen molar-refractivity contribution in [2.24, 2.45) is 0 Å². The SMILES string of the molecule is C[C@@H]1Cc2cc(C(=O)Nc3cccc(Cl)c3Cl)ccc2N1S(=O)(=O)c1ccccc1. The second-order valence-corrected chi connectivity index (χ2v) is 9.67. The van der Waals surface area contributed by atoms with Crippen molar-refractivity contribution in [2.75, 3.05) is 9.62 Å². The van der Waals surface area contributed by atoms with E-state index in [1.807, 2.05) is 6.92 Å². The van der Waals surface area contributed by atoms with Gasteiger partial charge in [-0.2, -0.15) is 0 Å². The Morgan fingerprint density at radius 2 is 1.77 bits per heavy atom. The Morgan fingerprint density at radius 3 is 2.50 bits per heavy atom. The molecule has 1 N–H and O–H groups in total. The standard InChI is InChI=1S/C22H18Cl2N2O3S/c1-14-12-16-13-15(22(27)25-19-9-5-8-18(23)21(19)24)10-11-20(16)26(14)30(28,29)17-6-3-2-4-7-17/h2-11,13-14H,12H2,1H3,(H,25,27)/t14-/m1/s1. The number of nitrogens with zero attached hydrogens (tertiary/aromatic N) is 1. The average Bonchev–Trinajstić information content (AvgIpc) is 3.07. The first-order valence-electron chi connectivity index (χ1n) is 9.27. The van der Waals surface area contributed by atoms with Crippen molar-refractivity contribution in [3.63, 3.8) is 0 Å². The first kappa shape index (κ1) is 20.7. The van der Waals surface area contributed by atoms with Crippen LogP contribution in [0, 0.1) is 0 Å². The third-order valence-electron chi connectivity index (χ3n) is 4.99. The molecule has 0 unspecified atom stereocenters. The van der Waals surface area contributed by atoms with E-state index in [9.17, 15) is 13.2 Å². The van der Waals surface area contributed by atoms with Gasteiger partial charge >= 0.3 is 0 Å². The highest BCUT2D eigenvalue weighted by Crippen LogP contribution is 2.37. The van der Waals surface area contributed by atoms with Gasteiger partial charge in [0.15, 0.2) is 0 Å². The average molecular weight is 461 g/mol. The minimum absolute atomic E-state index is 0.238. The maximum atomic E-state index is 13.2. The number of carbonyl (C=O) groups is 1. The Kier molecular flexibility index (Phi) is 5.49. The van der Waals surface area contributed by atoms with Crippen molar-refractivity contribution in [1.29, 1.82) is 0 Å². The number of benzene rings is 3. The summed E-state index contributed by atoms with van der Waals surface area (Å²) in [6.45, 7) is 1.85. The molecule has 0 fully saturated rings. The fraction of sp³-hybridized carbons (Fsp3) is 0.136.